The van der Waals surface area contributed by atoms with Crippen LogP contribution in [0, 0.1) is 0 Å². The van der Waals surface area contributed by atoms with Gasteiger partial charge in [-0.1, -0.05) is 103 Å². The standard InChI is InChI=1S/C39H45N3O4/c1-45-36-20-11-15-33(27-36)32-21-25-42(26-22-32)24-12-23-39(34-16-7-3-8-17-34,35-18-9-4-10-19-35)30-41-37(43)28-40-38(44)46-29-31-13-5-2-6-14-31/h2-11,13-20,27,32H,12,21-26,28-30H2,1H3,(H,40,44)(H,41,43). The van der Waals surface area contributed by atoms with Crippen LogP contribution in [0.25, 0.3) is 0 Å². The quantitative estimate of drug-likeness (QED) is 0.165. The summed E-state index contributed by atoms with van der Waals surface area (Å²) in [5.74, 6) is 1.22. The summed E-state index contributed by atoms with van der Waals surface area (Å²) in [7, 11) is 1.72. The molecule has 0 aliphatic carbocycles. The van der Waals surface area contributed by atoms with Crippen molar-refractivity contribution in [2.45, 2.75) is 43.6 Å². The van der Waals surface area contributed by atoms with E-state index in [1.54, 1.807) is 7.11 Å². The number of likely N-dealkylation sites (tertiary alicyclic amines) is 1. The van der Waals surface area contributed by atoms with Crippen molar-refractivity contribution in [1.82, 2.24) is 15.5 Å². The molecule has 1 heterocycles. The molecule has 1 aliphatic heterocycles. The van der Waals surface area contributed by atoms with Gasteiger partial charge in [0.25, 0.3) is 0 Å². The van der Waals surface area contributed by atoms with Crippen molar-refractivity contribution in [3.8, 4) is 5.75 Å². The van der Waals surface area contributed by atoms with Gasteiger partial charge in [0.05, 0.1) is 13.7 Å². The SMILES string of the molecule is COc1cccc(C2CCN(CCCC(CNC(=O)CNC(=O)OCc3ccccc3)(c3ccccc3)c3ccccc3)CC2)c1. The molecule has 5 rings (SSSR count). The fourth-order valence-corrected chi connectivity index (χ4v) is 6.49. The molecule has 2 N–H and O–H groups in total. The van der Waals surface area contributed by atoms with E-state index in [4.69, 9.17) is 9.47 Å². The lowest BCUT2D eigenvalue weighted by atomic mass is 9.71. The number of benzene rings is 4. The van der Waals surface area contributed by atoms with Crippen molar-refractivity contribution in [3.05, 3.63) is 138 Å². The van der Waals surface area contributed by atoms with E-state index < -0.39 is 11.5 Å². The molecule has 0 radical (unpaired) electrons. The molecule has 7 heteroatoms. The van der Waals surface area contributed by atoms with Crippen LogP contribution >= 0.6 is 0 Å². The maximum absolute atomic E-state index is 13.0. The Morgan fingerprint density at radius 2 is 1.43 bits per heavy atom. The van der Waals surface area contributed by atoms with Gasteiger partial charge in [-0.05, 0) is 85.6 Å². The Balaban J connectivity index is 1.20. The van der Waals surface area contributed by atoms with Crippen LogP contribution in [0.3, 0.4) is 0 Å². The summed E-state index contributed by atoms with van der Waals surface area (Å²) in [6, 6.07) is 38.8. The number of methoxy groups -OCH3 is 1. The first-order chi connectivity index (χ1) is 22.6. The molecular weight excluding hydrogens is 574 g/mol. The van der Waals surface area contributed by atoms with E-state index in [1.807, 2.05) is 48.5 Å². The monoisotopic (exact) mass is 619 g/mol. The first-order valence-corrected chi connectivity index (χ1v) is 16.2. The summed E-state index contributed by atoms with van der Waals surface area (Å²) in [5, 5.41) is 5.73. The molecule has 240 valence electrons. The minimum atomic E-state index is -0.619. The molecule has 4 aromatic carbocycles. The van der Waals surface area contributed by atoms with Crippen molar-refractivity contribution >= 4 is 12.0 Å². The number of amides is 2. The third kappa shape index (κ3) is 8.98. The van der Waals surface area contributed by atoms with E-state index in [0.717, 1.165) is 67.8 Å². The van der Waals surface area contributed by atoms with Gasteiger partial charge >= 0.3 is 6.09 Å². The molecule has 0 spiro atoms. The van der Waals surface area contributed by atoms with Crippen LogP contribution in [0.2, 0.25) is 0 Å². The van der Waals surface area contributed by atoms with E-state index in [1.165, 1.54) is 5.56 Å². The molecule has 4 aromatic rings. The topological polar surface area (TPSA) is 79.9 Å². The molecule has 46 heavy (non-hydrogen) atoms. The molecular formula is C39H45N3O4. The second kappa shape index (κ2) is 16.6. The summed E-state index contributed by atoms with van der Waals surface area (Å²) in [4.78, 5) is 27.9. The molecule has 0 aromatic heterocycles. The van der Waals surface area contributed by atoms with Crippen molar-refractivity contribution < 1.29 is 19.1 Å². The van der Waals surface area contributed by atoms with Crippen LogP contribution in [0.5, 0.6) is 5.75 Å². The third-order valence-corrected chi connectivity index (χ3v) is 9.08. The molecule has 1 saturated heterocycles. The van der Waals surface area contributed by atoms with Crippen molar-refractivity contribution in [3.63, 3.8) is 0 Å². The van der Waals surface area contributed by atoms with Crippen LogP contribution in [-0.4, -0.2) is 56.7 Å². The Hall–Kier alpha value is -4.62. The Bertz CT molecular complexity index is 1470. The summed E-state index contributed by atoms with van der Waals surface area (Å²) in [5.41, 5.74) is 4.15. The minimum Gasteiger partial charge on any atom is -0.497 e. The number of carbonyl (C=O) groups is 2. The summed E-state index contributed by atoms with van der Waals surface area (Å²) < 4.78 is 10.7. The van der Waals surface area contributed by atoms with Gasteiger partial charge in [0.2, 0.25) is 5.91 Å². The van der Waals surface area contributed by atoms with E-state index in [2.05, 4.69) is 82.3 Å². The molecule has 7 nitrogen and oxygen atoms in total. The number of piperidine rings is 1. The number of nitrogens with zero attached hydrogens (tertiary/aromatic N) is 1. The van der Waals surface area contributed by atoms with E-state index in [-0.39, 0.29) is 19.1 Å². The fraction of sp³-hybridized carbons (Fsp3) is 0.333. The number of nitrogens with one attached hydrogen (secondary N) is 2. The zero-order chi connectivity index (χ0) is 32.0. The molecule has 1 fully saturated rings. The summed E-state index contributed by atoms with van der Waals surface area (Å²) in [6.07, 6.45) is 3.49. The highest BCUT2D eigenvalue weighted by atomic mass is 16.5. The first-order valence-electron chi connectivity index (χ1n) is 16.2. The Kier molecular flexibility index (Phi) is 11.8. The highest BCUT2D eigenvalue weighted by Gasteiger charge is 2.34. The average Bonchev–Trinajstić information content (AvgIpc) is 3.12. The Morgan fingerprint density at radius 1 is 0.804 bits per heavy atom. The predicted octanol–water partition coefficient (Wildman–Crippen LogP) is 6.68. The predicted molar refractivity (Wildman–Crippen MR) is 182 cm³/mol. The van der Waals surface area contributed by atoms with E-state index in [9.17, 15) is 9.59 Å². The van der Waals surface area contributed by atoms with Crippen LogP contribution in [-0.2, 0) is 21.6 Å². The van der Waals surface area contributed by atoms with Crippen molar-refractivity contribution in [1.29, 1.82) is 0 Å². The molecule has 0 saturated carbocycles. The van der Waals surface area contributed by atoms with Gasteiger partial charge in [0.1, 0.15) is 12.4 Å². The highest BCUT2D eigenvalue weighted by Crippen LogP contribution is 2.37. The second-order valence-corrected chi connectivity index (χ2v) is 12.0. The van der Waals surface area contributed by atoms with Gasteiger partial charge in [0, 0.05) is 12.0 Å². The molecule has 0 bridgehead atoms. The number of ether oxygens (including phenoxy) is 2. The largest absolute Gasteiger partial charge is 0.497 e. The van der Waals surface area contributed by atoms with Gasteiger partial charge in [-0.2, -0.15) is 0 Å². The maximum atomic E-state index is 13.0. The smallest absolute Gasteiger partial charge is 0.407 e. The van der Waals surface area contributed by atoms with Crippen LogP contribution in [0.1, 0.15) is 53.9 Å². The van der Waals surface area contributed by atoms with Crippen LogP contribution in [0.15, 0.2) is 115 Å². The molecule has 1 aliphatic rings. The molecule has 0 atom stereocenters. The molecule has 0 unspecified atom stereocenters. The van der Waals surface area contributed by atoms with Crippen LogP contribution in [0.4, 0.5) is 4.79 Å². The summed E-state index contributed by atoms with van der Waals surface area (Å²) in [6.45, 7) is 3.53. The number of hydrogen-bond donors (Lipinski definition) is 2. The maximum Gasteiger partial charge on any atom is 0.407 e. The molecule has 2 amide bonds. The van der Waals surface area contributed by atoms with Crippen LogP contribution < -0.4 is 15.4 Å². The van der Waals surface area contributed by atoms with E-state index in [0.29, 0.717) is 12.5 Å². The normalized spacial score (nSPS) is 13.9. The highest BCUT2D eigenvalue weighted by molar-refractivity contribution is 5.82. The average molecular weight is 620 g/mol. The lowest BCUT2D eigenvalue weighted by Crippen LogP contribution is -2.45. The van der Waals surface area contributed by atoms with Crippen molar-refractivity contribution in [2.75, 3.05) is 39.8 Å². The number of rotatable bonds is 14. The fourth-order valence-electron chi connectivity index (χ4n) is 6.49. The van der Waals surface area contributed by atoms with Crippen molar-refractivity contribution in [2.24, 2.45) is 0 Å². The zero-order valence-electron chi connectivity index (χ0n) is 26.7. The first kappa shape index (κ1) is 32.8. The zero-order valence-corrected chi connectivity index (χ0v) is 26.7. The lowest BCUT2D eigenvalue weighted by Gasteiger charge is -2.37. The van der Waals surface area contributed by atoms with Gasteiger partial charge in [-0.25, -0.2) is 4.79 Å². The Morgan fingerprint density at radius 3 is 2.07 bits per heavy atom. The van der Waals surface area contributed by atoms with Gasteiger partial charge in [-0.3, -0.25) is 4.79 Å². The minimum absolute atomic E-state index is 0.151. The van der Waals surface area contributed by atoms with Gasteiger partial charge in [0.15, 0.2) is 0 Å². The van der Waals surface area contributed by atoms with Gasteiger partial charge in [-0.15, -0.1) is 0 Å². The Labute approximate surface area is 272 Å². The number of carbonyl (C=O) groups excluding carboxylic acids is 2. The van der Waals surface area contributed by atoms with E-state index >= 15 is 0 Å². The second-order valence-electron chi connectivity index (χ2n) is 12.0. The van der Waals surface area contributed by atoms with Gasteiger partial charge < -0.3 is 25.0 Å². The number of alkyl carbamates (subject to hydrolysis) is 1. The summed E-state index contributed by atoms with van der Waals surface area (Å²) >= 11 is 0. The third-order valence-electron chi connectivity index (χ3n) is 9.08. The number of hydrogen-bond acceptors (Lipinski definition) is 5. The lowest BCUT2D eigenvalue weighted by molar-refractivity contribution is -0.120.